The number of alkyl carbamates (subject to hydrolysis) is 1. The maximum absolute atomic E-state index is 12.4. The van der Waals surface area contributed by atoms with Crippen LogP contribution >= 0.6 is 0 Å². The van der Waals surface area contributed by atoms with Gasteiger partial charge in [-0.3, -0.25) is 4.79 Å². The summed E-state index contributed by atoms with van der Waals surface area (Å²) in [5.74, 6) is -0.590. The van der Waals surface area contributed by atoms with Gasteiger partial charge in [0.2, 0.25) is 0 Å². The third-order valence-corrected chi connectivity index (χ3v) is 5.94. The number of benzene rings is 2. The number of para-hydroxylation sites is 1. The molecule has 2 amide bonds. The smallest absolute Gasteiger partial charge is 0.445 e. The topological polar surface area (TPSA) is 118 Å². The number of ether oxygens (including phenoxy) is 1. The fourth-order valence-corrected chi connectivity index (χ4v) is 3.30. The molecule has 35 heavy (non-hydrogen) atoms. The Labute approximate surface area is 205 Å². The minimum Gasteiger partial charge on any atom is -0.445 e. The Morgan fingerprint density at radius 3 is 2.31 bits per heavy atom. The summed E-state index contributed by atoms with van der Waals surface area (Å²) in [4.78, 5) is 24.3. The van der Waals surface area contributed by atoms with Crippen LogP contribution in [0, 0.1) is 0 Å². The number of carbonyl (C=O) groups excluding carboxylic acids is 2. The first-order chi connectivity index (χ1) is 16.6. The van der Waals surface area contributed by atoms with Crippen LogP contribution in [-0.4, -0.2) is 48.3 Å². The molecule has 0 aliphatic carbocycles. The summed E-state index contributed by atoms with van der Waals surface area (Å²) in [5, 5.41) is 16.8. The zero-order valence-electron chi connectivity index (χ0n) is 20.3. The van der Waals surface area contributed by atoms with Crippen LogP contribution in [0.2, 0.25) is 0 Å². The van der Waals surface area contributed by atoms with Gasteiger partial charge in [0.25, 0.3) is 5.91 Å². The van der Waals surface area contributed by atoms with Crippen LogP contribution in [0.3, 0.4) is 0 Å². The number of nitrogens with one attached hydrogen (secondary N) is 2. The quantitative estimate of drug-likeness (QED) is 0.228. The van der Waals surface area contributed by atoms with Crippen molar-refractivity contribution in [1.29, 1.82) is 0 Å². The van der Waals surface area contributed by atoms with Gasteiger partial charge >= 0.3 is 13.2 Å². The van der Waals surface area contributed by atoms with Crippen molar-refractivity contribution in [2.24, 2.45) is 5.16 Å². The molecule has 1 aliphatic heterocycles. The van der Waals surface area contributed by atoms with Gasteiger partial charge in [-0.15, -0.1) is 0 Å². The lowest BCUT2D eigenvalue weighted by atomic mass is 9.77. The molecule has 3 rings (SSSR count). The van der Waals surface area contributed by atoms with Gasteiger partial charge in [0.15, 0.2) is 0 Å². The van der Waals surface area contributed by atoms with E-state index in [4.69, 9.17) is 19.3 Å². The zero-order valence-corrected chi connectivity index (χ0v) is 20.3. The van der Waals surface area contributed by atoms with Gasteiger partial charge in [0.05, 0.1) is 11.2 Å². The van der Waals surface area contributed by atoms with Crippen LogP contribution in [0.25, 0.3) is 6.08 Å². The van der Waals surface area contributed by atoms with Crippen molar-refractivity contribution in [1.82, 2.24) is 5.32 Å². The second-order valence-corrected chi connectivity index (χ2v) is 9.04. The molecular weight excluding hydrogens is 449 g/mol. The first kappa shape index (κ1) is 26.0. The number of amides is 2. The fraction of sp³-hybridized carbons (Fsp3) is 0.320. The molecule has 0 unspecified atom stereocenters. The molecule has 1 heterocycles. The maximum Gasteiger partial charge on any atom is 0.492 e. The minimum absolute atomic E-state index is 0.0881. The third-order valence-electron chi connectivity index (χ3n) is 5.94. The van der Waals surface area contributed by atoms with Crippen LogP contribution in [0.15, 0.2) is 65.2 Å². The lowest BCUT2D eigenvalue weighted by Crippen LogP contribution is -2.41. The van der Waals surface area contributed by atoms with Crippen LogP contribution in [0.1, 0.15) is 38.8 Å². The molecular formula is C25H30BN3O6. The van der Waals surface area contributed by atoms with Gasteiger partial charge in [-0.1, -0.05) is 59.8 Å². The molecule has 0 atom stereocenters. The summed E-state index contributed by atoms with van der Waals surface area (Å²) >= 11 is 0. The SMILES string of the molecule is CC1(C)OB(C(=Cc2ccccc2NC(=O)C=NO)CNC(=O)OCc2ccccc2)OC1(C)C. The van der Waals surface area contributed by atoms with Gasteiger partial charge < -0.3 is 29.9 Å². The second kappa shape index (κ2) is 11.2. The Balaban J connectivity index is 1.81. The van der Waals surface area contributed by atoms with Crippen LogP contribution in [0.5, 0.6) is 0 Å². The number of nitrogens with zero attached hydrogens (tertiary/aromatic N) is 1. The van der Waals surface area contributed by atoms with Crippen molar-refractivity contribution >= 4 is 37.1 Å². The van der Waals surface area contributed by atoms with E-state index in [0.717, 1.165) is 11.8 Å². The van der Waals surface area contributed by atoms with Gasteiger partial charge in [0, 0.05) is 12.2 Å². The molecule has 2 aromatic carbocycles. The summed E-state index contributed by atoms with van der Waals surface area (Å²) in [6.45, 7) is 7.99. The van der Waals surface area contributed by atoms with E-state index in [0.29, 0.717) is 16.7 Å². The molecule has 0 aromatic heterocycles. The highest BCUT2D eigenvalue weighted by atomic mass is 16.7. The molecule has 0 bridgehead atoms. The largest absolute Gasteiger partial charge is 0.492 e. The fourth-order valence-electron chi connectivity index (χ4n) is 3.30. The summed E-state index contributed by atoms with van der Waals surface area (Å²) in [5.41, 5.74) is 1.46. The number of oxime groups is 1. The second-order valence-electron chi connectivity index (χ2n) is 9.04. The van der Waals surface area contributed by atoms with Crippen LogP contribution in [0.4, 0.5) is 10.5 Å². The van der Waals surface area contributed by atoms with Crippen molar-refractivity contribution < 1.29 is 28.8 Å². The van der Waals surface area contributed by atoms with Crippen molar-refractivity contribution in [2.75, 3.05) is 11.9 Å². The van der Waals surface area contributed by atoms with E-state index < -0.39 is 30.3 Å². The van der Waals surface area contributed by atoms with E-state index in [1.54, 1.807) is 24.3 Å². The van der Waals surface area contributed by atoms with Crippen molar-refractivity contribution in [3.05, 3.63) is 71.2 Å². The lowest BCUT2D eigenvalue weighted by molar-refractivity contribution is -0.110. The van der Waals surface area contributed by atoms with Gasteiger partial charge in [-0.25, -0.2) is 4.79 Å². The zero-order chi connectivity index (χ0) is 25.5. The normalized spacial score (nSPS) is 16.8. The van der Waals surface area contributed by atoms with E-state index in [1.807, 2.05) is 64.1 Å². The van der Waals surface area contributed by atoms with Crippen molar-refractivity contribution in [2.45, 2.75) is 45.5 Å². The Hall–Kier alpha value is -3.63. The highest BCUT2D eigenvalue weighted by Gasteiger charge is 2.52. The molecule has 0 spiro atoms. The highest BCUT2D eigenvalue weighted by molar-refractivity contribution is 6.56. The molecule has 2 aromatic rings. The molecule has 1 fully saturated rings. The third kappa shape index (κ3) is 6.94. The van der Waals surface area contributed by atoms with E-state index in [2.05, 4.69) is 15.8 Å². The molecule has 10 heteroatoms. The van der Waals surface area contributed by atoms with E-state index in [9.17, 15) is 9.59 Å². The van der Waals surface area contributed by atoms with Gasteiger partial charge in [-0.2, -0.15) is 0 Å². The predicted molar refractivity (Wildman–Crippen MR) is 134 cm³/mol. The average Bonchev–Trinajstić information content (AvgIpc) is 3.03. The van der Waals surface area contributed by atoms with E-state index in [1.165, 1.54) is 0 Å². The van der Waals surface area contributed by atoms with Crippen molar-refractivity contribution in [3.8, 4) is 0 Å². The van der Waals surface area contributed by atoms with Crippen molar-refractivity contribution in [3.63, 3.8) is 0 Å². The standard InChI is InChI=1S/C25H30BN3O6/c1-24(2)25(3,4)35-26(34-24)20(15-27-23(31)33-17-18-10-6-5-7-11-18)14-19-12-8-9-13-21(19)29-22(30)16-28-32/h5-14,16,32H,15,17H2,1-4H3,(H,27,31)(H,29,30). The van der Waals surface area contributed by atoms with Crippen LogP contribution < -0.4 is 10.6 Å². The molecule has 184 valence electrons. The van der Waals surface area contributed by atoms with E-state index in [-0.39, 0.29) is 13.2 Å². The van der Waals surface area contributed by atoms with Gasteiger partial charge in [0.1, 0.15) is 12.8 Å². The minimum atomic E-state index is -0.739. The number of hydrogen-bond acceptors (Lipinski definition) is 7. The molecule has 9 nitrogen and oxygen atoms in total. The maximum atomic E-state index is 12.4. The Morgan fingerprint density at radius 2 is 1.66 bits per heavy atom. The molecule has 1 saturated heterocycles. The van der Waals surface area contributed by atoms with Gasteiger partial charge in [-0.05, 0) is 50.4 Å². The molecule has 0 radical (unpaired) electrons. The Kier molecular flexibility index (Phi) is 8.32. The van der Waals surface area contributed by atoms with E-state index >= 15 is 0 Å². The number of carbonyl (C=O) groups is 2. The first-order valence-electron chi connectivity index (χ1n) is 11.2. The Bertz CT molecular complexity index is 1090. The summed E-state index contributed by atoms with van der Waals surface area (Å²) in [6.07, 6.45) is 1.96. The summed E-state index contributed by atoms with van der Waals surface area (Å²) < 4.78 is 17.7. The summed E-state index contributed by atoms with van der Waals surface area (Å²) in [6, 6.07) is 16.5. The monoisotopic (exact) mass is 479 g/mol. The van der Waals surface area contributed by atoms with Crippen LogP contribution in [-0.2, 0) is 25.4 Å². The highest BCUT2D eigenvalue weighted by Crippen LogP contribution is 2.39. The summed E-state index contributed by atoms with van der Waals surface area (Å²) in [7, 11) is -0.739. The predicted octanol–water partition coefficient (Wildman–Crippen LogP) is 4.03. The molecule has 1 aliphatic rings. The average molecular weight is 479 g/mol. The number of hydrogen-bond donors (Lipinski definition) is 3. The molecule has 0 saturated carbocycles. The molecule has 3 N–H and O–H groups in total. The Morgan fingerprint density at radius 1 is 1.03 bits per heavy atom. The number of anilines is 1. The number of rotatable bonds is 8. The first-order valence-corrected chi connectivity index (χ1v) is 11.2. The lowest BCUT2D eigenvalue weighted by Gasteiger charge is -2.32.